The molecule has 112 valence electrons. The van der Waals surface area contributed by atoms with E-state index in [0.717, 1.165) is 0 Å². The molecule has 0 unspecified atom stereocenters. The van der Waals surface area contributed by atoms with Crippen LogP contribution in [0.25, 0.3) is 0 Å². The minimum atomic E-state index is -2.17. The third kappa shape index (κ3) is 2.77. The second-order valence-electron chi connectivity index (χ2n) is 5.24. The fourth-order valence-corrected chi connectivity index (χ4v) is 2.19. The van der Waals surface area contributed by atoms with Crippen molar-refractivity contribution in [1.29, 1.82) is 0 Å². The Kier molecular flexibility index (Phi) is 4.00. The number of hydrogen-bond donors (Lipinski definition) is 0. The van der Waals surface area contributed by atoms with E-state index >= 15 is 0 Å². The zero-order chi connectivity index (χ0) is 15.1. The Labute approximate surface area is 112 Å². The molecule has 0 N–H and O–H groups in total. The average Bonchev–Trinajstić information content (AvgIpc) is 2.41. The Balaban J connectivity index is 2.23. The van der Waals surface area contributed by atoms with E-state index in [9.17, 15) is 26.3 Å². The Morgan fingerprint density at radius 1 is 0.850 bits per heavy atom. The summed E-state index contributed by atoms with van der Waals surface area (Å²) in [6, 6.07) is 0. The minimum Gasteiger partial charge on any atom is -0.299 e. The largest absolute Gasteiger partial charge is 0.299 e. The lowest BCUT2D eigenvalue weighted by atomic mass is 9.95. The van der Waals surface area contributed by atoms with Gasteiger partial charge in [0, 0.05) is 25.2 Å². The molecule has 0 atom stereocenters. The van der Waals surface area contributed by atoms with E-state index in [2.05, 4.69) is 0 Å². The first-order valence-corrected chi connectivity index (χ1v) is 6.14. The zero-order valence-electron chi connectivity index (χ0n) is 10.8. The van der Waals surface area contributed by atoms with Crippen molar-refractivity contribution in [2.24, 2.45) is 0 Å². The molecule has 1 aliphatic heterocycles. The van der Waals surface area contributed by atoms with Gasteiger partial charge in [-0.3, -0.25) is 4.90 Å². The van der Waals surface area contributed by atoms with Gasteiger partial charge in [-0.15, -0.1) is 0 Å². The Hall–Kier alpha value is -1.24. The molecule has 1 fully saturated rings. The standard InChI is InChI=1S/C13H13F6N/c1-13(19)2-4-20(5-3-13)6-7-8(14)10(16)12(18)11(17)9(7)15/h2-6H2,1H3. The second kappa shape index (κ2) is 5.27. The molecular formula is C13H13F6N. The SMILES string of the molecule is CC1(F)CCN(Cc2c(F)c(F)c(F)c(F)c2F)CC1. The highest BCUT2D eigenvalue weighted by Crippen LogP contribution is 2.29. The molecule has 20 heavy (non-hydrogen) atoms. The van der Waals surface area contributed by atoms with Crippen molar-refractivity contribution < 1.29 is 26.3 Å². The maximum Gasteiger partial charge on any atom is 0.200 e. The van der Waals surface area contributed by atoms with Gasteiger partial charge in [0.2, 0.25) is 5.82 Å². The quantitative estimate of drug-likeness (QED) is 0.457. The van der Waals surface area contributed by atoms with E-state index in [0.29, 0.717) is 0 Å². The molecule has 7 heteroatoms. The summed E-state index contributed by atoms with van der Waals surface area (Å²) in [6.07, 6.45) is 0.310. The van der Waals surface area contributed by atoms with Crippen molar-refractivity contribution in [1.82, 2.24) is 4.90 Å². The summed E-state index contributed by atoms with van der Waals surface area (Å²) in [6.45, 7) is 1.39. The van der Waals surface area contributed by atoms with Crippen LogP contribution in [-0.2, 0) is 6.54 Å². The van der Waals surface area contributed by atoms with E-state index in [1.165, 1.54) is 11.8 Å². The molecule has 0 radical (unpaired) electrons. The van der Waals surface area contributed by atoms with Gasteiger partial charge in [0.05, 0.1) is 0 Å². The molecule has 0 saturated carbocycles. The molecule has 1 aliphatic rings. The first kappa shape index (κ1) is 15.2. The minimum absolute atomic E-state index is 0.155. The number of benzene rings is 1. The van der Waals surface area contributed by atoms with Crippen LogP contribution in [0, 0.1) is 29.1 Å². The molecule has 0 aliphatic carbocycles. The molecular weight excluding hydrogens is 284 g/mol. The van der Waals surface area contributed by atoms with Gasteiger partial charge >= 0.3 is 0 Å². The number of alkyl halides is 1. The van der Waals surface area contributed by atoms with Crippen molar-refractivity contribution in [3.05, 3.63) is 34.6 Å². The number of hydrogen-bond acceptors (Lipinski definition) is 1. The Bertz CT molecular complexity index is 489. The highest BCUT2D eigenvalue weighted by Gasteiger charge is 2.32. The van der Waals surface area contributed by atoms with Crippen LogP contribution in [0.4, 0.5) is 26.3 Å². The van der Waals surface area contributed by atoms with Gasteiger partial charge < -0.3 is 0 Å². The smallest absolute Gasteiger partial charge is 0.200 e. The van der Waals surface area contributed by atoms with Crippen LogP contribution in [0.1, 0.15) is 25.3 Å². The molecule has 1 aromatic carbocycles. The van der Waals surface area contributed by atoms with E-state index in [1.807, 2.05) is 0 Å². The molecule has 1 aromatic rings. The first-order chi connectivity index (χ1) is 9.23. The highest BCUT2D eigenvalue weighted by atomic mass is 19.2. The van der Waals surface area contributed by atoms with Gasteiger partial charge in [0.1, 0.15) is 5.67 Å². The lowest BCUT2D eigenvalue weighted by Crippen LogP contribution is -2.40. The summed E-state index contributed by atoms with van der Waals surface area (Å²) in [5, 5.41) is 0. The summed E-state index contributed by atoms with van der Waals surface area (Å²) in [4.78, 5) is 1.47. The van der Waals surface area contributed by atoms with Gasteiger partial charge in [0.25, 0.3) is 0 Å². The maximum atomic E-state index is 13.6. The summed E-state index contributed by atoms with van der Waals surface area (Å²) in [5.74, 6) is -9.72. The molecule has 0 spiro atoms. The number of rotatable bonds is 2. The van der Waals surface area contributed by atoms with Crippen LogP contribution in [0.5, 0.6) is 0 Å². The van der Waals surface area contributed by atoms with Crippen molar-refractivity contribution in [2.75, 3.05) is 13.1 Å². The number of halogens is 6. The first-order valence-electron chi connectivity index (χ1n) is 6.14. The number of likely N-dealkylation sites (tertiary alicyclic amines) is 1. The summed E-state index contributed by atoms with van der Waals surface area (Å²) >= 11 is 0. The summed E-state index contributed by atoms with van der Waals surface area (Å²) in [5.41, 5.74) is -2.23. The van der Waals surface area contributed by atoms with Gasteiger partial charge in [0.15, 0.2) is 23.3 Å². The molecule has 0 bridgehead atoms. The van der Waals surface area contributed by atoms with Gasteiger partial charge in [-0.1, -0.05) is 0 Å². The van der Waals surface area contributed by atoms with Crippen LogP contribution >= 0.6 is 0 Å². The van der Waals surface area contributed by atoms with Crippen LogP contribution < -0.4 is 0 Å². The number of piperidine rings is 1. The van der Waals surface area contributed by atoms with Crippen molar-refractivity contribution in [3.63, 3.8) is 0 Å². The molecule has 2 rings (SSSR count). The van der Waals surface area contributed by atoms with E-state index in [1.54, 1.807) is 0 Å². The Morgan fingerprint density at radius 2 is 1.25 bits per heavy atom. The summed E-state index contributed by atoms with van der Waals surface area (Å²) in [7, 11) is 0. The van der Waals surface area contributed by atoms with Crippen LogP contribution in [-0.4, -0.2) is 23.7 Å². The molecule has 1 saturated heterocycles. The average molecular weight is 297 g/mol. The monoisotopic (exact) mass is 297 g/mol. The third-order valence-electron chi connectivity index (χ3n) is 3.58. The van der Waals surface area contributed by atoms with E-state index < -0.39 is 46.9 Å². The van der Waals surface area contributed by atoms with Crippen molar-refractivity contribution in [2.45, 2.75) is 32.0 Å². The number of nitrogens with zero attached hydrogens (tertiary/aromatic N) is 1. The topological polar surface area (TPSA) is 3.24 Å². The van der Waals surface area contributed by atoms with Gasteiger partial charge in [-0.2, -0.15) is 0 Å². The Morgan fingerprint density at radius 3 is 1.70 bits per heavy atom. The second-order valence-corrected chi connectivity index (χ2v) is 5.24. The lowest BCUT2D eigenvalue weighted by molar-refractivity contribution is 0.0690. The van der Waals surface area contributed by atoms with Gasteiger partial charge in [-0.25, -0.2) is 26.3 Å². The molecule has 0 amide bonds. The predicted octanol–water partition coefficient (Wildman–Crippen LogP) is 3.71. The van der Waals surface area contributed by atoms with Crippen molar-refractivity contribution >= 4 is 0 Å². The molecule has 1 nitrogen and oxygen atoms in total. The van der Waals surface area contributed by atoms with E-state index in [-0.39, 0.29) is 25.9 Å². The highest BCUT2D eigenvalue weighted by molar-refractivity contribution is 5.24. The lowest BCUT2D eigenvalue weighted by Gasteiger charge is -2.34. The van der Waals surface area contributed by atoms with Crippen LogP contribution in [0.3, 0.4) is 0 Å². The van der Waals surface area contributed by atoms with E-state index in [4.69, 9.17) is 0 Å². The maximum absolute atomic E-state index is 13.6. The predicted molar refractivity (Wildman–Crippen MR) is 60.3 cm³/mol. The zero-order valence-corrected chi connectivity index (χ0v) is 10.8. The van der Waals surface area contributed by atoms with Crippen LogP contribution in [0.2, 0.25) is 0 Å². The third-order valence-corrected chi connectivity index (χ3v) is 3.58. The molecule has 0 aromatic heterocycles. The fraction of sp³-hybridized carbons (Fsp3) is 0.538. The summed E-state index contributed by atoms with van der Waals surface area (Å²) < 4.78 is 79.5. The van der Waals surface area contributed by atoms with Crippen LogP contribution in [0.15, 0.2) is 0 Å². The normalized spacial score (nSPS) is 19.4. The van der Waals surface area contributed by atoms with Gasteiger partial charge in [-0.05, 0) is 19.8 Å². The fourth-order valence-electron chi connectivity index (χ4n) is 2.19. The molecule has 1 heterocycles. The van der Waals surface area contributed by atoms with Crippen molar-refractivity contribution in [3.8, 4) is 0 Å².